The molecule has 0 fully saturated rings. The van der Waals surface area contributed by atoms with Crippen molar-refractivity contribution in [1.82, 2.24) is 0 Å². The second-order valence-electron chi connectivity index (χ2n) is 3.88. The Morgan fingerprint density at radius 3 is 2.67 bits per heavy atom. The molecule has 1 aromatic rings. The number of para-hydroxylation sites is 2. The molecule has 0 atom stereocenters. The Kier molecular flexibility index (Phi) is 3.88. The largest absolute Gasteiger partial charge is 0.458 e. The molecular formula is C12H14O5S. The van der Waals surface area contributed by atoms with Crippen molar-refractivity contribution in [3.63, 3.8) is 0 Å². The second-order valence-corrected chi connectivity index (χ2v) is 5.52. The molecule has 0 radical (unpaired) electrons. The zero-order chi connectivity index (χ0) is 13.0. The number of hydrogen-bond donors (Lipinski definition) is 0. The van der Waals surface area contributed by atoms with Crippen molar-refractivity contribution in [3.05, 3.63) is 36.3 Å². The SMILES string of the molecule is CS(=O)(=O)OCCCC1=COc2ccccc2O1. The van der Waals surface area contributed by atoms with Gasteiger partial charge in [0.1, 0.15) is 12.0 Å². The highest BCUT2D eigenvalue weighted by molar-refractivity contribution is 7.85. The van der Waals surface area contributed by atoms with Gasteiger partial charge in [-0.1, -0.05) is 12.1 Å². The lowest BCUT2D eigenvalue weighted by atomic mass is 10.2. The summed E-state index contributed by atoms with van der Waals surface area (Å²) in [5.74, 6) is 2.00. The topological polar surface area (TPSA) is 61.8 Å². The summed E-state index contributed by atoms with van der Waals surface area (Å²) < 4.78 is 37.1. The predicted molar refractivity (Wildman–Crippen MR) is 65.8 cm³/mol. The van der Waals surface area contributed by atoms with Crippen molar-refractivity contribution in [2.45, 2.75) is 12.8 Å². The van der Waals surface area contributed by atoms with Crippen molar-refractivity contribution in [1.29, 1.82) is 0 Å². The van der Waals surface area contributed by atoms with Crippen LogP contribution >= 0.6 is 0 Å². The first kappa shape index (κ1) is 12.9. The Bertz CT molecular complexity index is 547. The number of hydrogen-bond acceptors (Lipinski definition) is 5. The van der Waals surface area contributed by atoms with E-state index in [0.29, 0.717) is 30.1 Å². The molecule has 2 rings (SSSR count). The Labute approximate surface area is 106 Å². The Morgan fingerprint density at radius 1 is 1.22 bits per heavy atom. The van der Waals surface area contributed by atoms with Gasteiger partial charge in [-0.05, 0) is 18.6 Å². The van der Waals surface area contributed by atoms with Crippen molar-refractivity contribution < 1.29 is 22.1 Å². The van der Waals surface area contributed by atoms with Gasteiger partial charge in [-0.2, -0.15) is 8.42 Å². The van der Waals surface area contributed by atoms with Gasteiger partial charge in [0, 0.05) is 6.42 Å². The predicted octanol–water partition coefficient (Wildman–Crippen LogP) is 2.06. The third-order valence-electron chi connectivity index (χ3n) is 2.27. The van der Waals surface area contributed by atoms with Crippen molar-refractivity contribution in [2.75, 3.05) is 12.9 Å². The monoisotopic (exact) mass is 270 g/mol. The lowest BCUT2D eigenvalue weighted by Crippen LogP contribution is -2.08. The Balaban J connectivity index is 1.81. The molecule has 0 unspecified atom stereocenters. The van der Waals surface area contributed by atoms with E-state index in [1.165, 1.54) is 6.26 Å². The Hall–Kier alpha value is -1.53. The molecule has 1 aliphatic heterocycles. The van der Waals surface area contributed by atoms with Crippen LogP contribution in [0.5, 0.6) is 11.5 Å². The summed E-state index contributed by atoms with van der Waals surface area (Å²) in [6.07, 6.45) is 3.67. The van der Waals surface area contributed by atoms with Gasteiger partial charge in [0.15, 0.2) is 11.5 Å². The molecule has 18 heavy (non-hydrogen) atoms. The van der Waals surface area contributed by atoms with Gasteiger partial charge in [0.2, 0.25) is 0 Å². The zero-order valence-corrected chi connectivity index (χ0v) is 10.8. The van der Waals surface area contributed by atoms with Crippen molar-refractivity contribution in [3.8, 4) is 11.5 Å². The lowest BCUT2D eigenvalue weighted by Gasteiger charge is -2.17. The van der Waals surface area contributed by atoms with Gasteiger partial charge in [-0.25, -0.2) is 0 Å². The van der Waals surface area contributed by atoms with Crippen LogP contribution in [0.2, 0.25) is 0 Å². The summed E-state index contributed by atoms with van der Waals surface area (Å²) in [5.41, 5.74) is 0. The maximum Gasteiger partial charge on any atom is 0.264 e. The molecule has 0 aliphatic carbocycles. The van der Waals surface area contributed by atoms with E-state index in [9.17, 15) is 8.42 Å². The quantitative estimate of drug-likeness (QED) is 0.605. The highest BCUT2D eigenvalue weighted by Crippen LogP contribution is 2.32. The first-order valence-electron chi connectivity index (χ1n) is 5.51. The first-order valence-corrected chi connectivity index (χ1v) is 7.33. The lowest BCUT2D eigenvalue weighted by molar-refractivity contribution is 0.283. The second kappa shape index (κ2) is 5.41. The molecule has 6 heteroatoms. The van der Waals surface area contributed by atoms with E-state index < -0.39 is 10.1 Å². The van der Waals surface area contributed by atoms with Gasteiger partial charge in [0.25, 0.3) is 10.1 Å². The molecule has 0 saturated carbocycles. The van der Waals surface area contributed by atoms with Gasteiger partial charge in [-0.3, -0.25) is 4.18 Å². The van der Waals surface area contributed by atoms with Crippen LogP contribution in [0.4, 0.5) is 0 Å². The minimum Gasteiger partial charge on any atom is -0.458 e. The number of ether oxygens (including phenoxy) is 2. The molecule has 0 N–H and O–H groups in total. The number of fused-ring (bicyclic) bond motifs is 1. The highest BCUT2D eigenvalue weighted by atomic mass is 32.2. The average Bonchev–Trinajstić information content (AvgIpc) is 2.33. The van der Waals surface area contributed by atoms with E-state index in [4.69, 9.17) is 9.47 Å². The fraction of sp³-hybridized carbons (Fsp3) is 0.333. The fourth-order valence-electron chi connectivity index (χ4n) is 1.49. The summed E-state index contributed by atoms with van der Waals surface area (Å²) in [7, 11) is -3.37. The molecule has 0 aromatic heterocycles. The van der Waals surface area contributed by atoms with E-state index in [-0.39, 0.29) is 6.61 Å². The molecule has 98 valence electrons. The maximum atomic E-state index is 10.8. The number of rotatable bonds is 5. The summed E-state index contributed by atoms with van der Waals surface area (Å²) in [6.45, 7) is 0.140. The van der Waals surface area contributed by atoms with Gasteiger partial charge in [-0.15, -0.1) is 0 Å². The zero-order valence-electron chi connectivity index (χ0n) is 9.96. The van der Waals surface area contributed by atoms with Crippen molar-refractivity contribution >= 4 is 10.1 Å². The number of allylic oxidation sites excluding steroid dienone is 1. The van der Waals surface area contributed by atoms with Crippen LogP contribution in [0.15, 0.2) is 36.3 Å². The molecule has 1 aromatic carbocycles. The van der Waals surface area contributed by atoms with E-state index in [0.717, 1.165) is 6.26 Å². The van der Waals surface area contributed by atoms with Crippen LogP contribution in [0, 0.1) is 0 Å². The summed E-state index contributed by atoms with van der Waals surface area (Å²) in [4.78, 5) is 0. The van der Waals surface area contributed by atoms with E-state index >= 15 is 0 Å². The van der Waals surface area contributed by atoms with Gasteiger partial charge < -0.3 is 9.47 Å². The van der Waals surface area contributed by atoms with Crippen LogP contribution in [-0.4, -0.2) is 21.3 Å². The number of benzene rings is 1. The standard InChI is InChI=1S/C12H14O5S/c1-18(13,14)16-8-4-5-10-9-15-11-6-2-3-7-12(11)17-10/h2-3,6-7,9H,4-5,8H2,1H3. The molecule has 0 amide bonds. The van der Waals surface area contributed by atoms with E-state index in [1.807, 2.05) is 24.3 Å². The van der Waals surface area contributed by atoms with Crippen LogP contribution in [-0.2, 0) is 14.3 Å². The summed E-state index contributed by atoms with van der Waals surface area (Å²) >= 11 is 0. The highest BCUT2D eigenvalue weighted by Gasteiger charge is 2.13. The molecule has 0 saturated heterocycles. The molecule has 1 heterocycles. The maximum absolute atomic E-state index is 10.8. The van der Waals surface area contributed by atoms with Gasteiger partial charge in [0.05, 0.1) is 12.9 Å². The normalized spacial score (nSPS) is 14.2. The van der Waals surface area contributed by atoms with E-state index in [1.54, 1.807) is 0 Å². The minimum atomic E-state index is -3.37. The molecule has 0 spiro atoms. The van der Waals surface area contributed by atoms with Crippen LogP contribution in [0.3, 0.4) is 0 Å². The smallest absolute Gasteiger partial charge is 0.264 e. The molecular weight excluding hydrogens is 256 g/mol. The summed E-state index contributed by atoms with van der Waals surface area (Å²) in [6, 6.07) is 7.35. The van der Waals surface area contributed by atoms with Crippen LogP contribution in [0.25, 0.3) is 0 Å². The van der Waals surface area contributed by atoms with Crippen LogP contribution in [0.1, 0.15) is 12.8 Å². The Morgan fingerprint density at radius 2 is 1.94 bits per heavy atom. The van der Waals surface area contributed by atoms with Gasteiger partial charge >= 0.3 is 0 Å². The molecule has 0 bridgehead atoms. The fourth-order valence-corrected chi connectivity index (χ4v) is 1.91. The molecule has 1 aliphatic rings. The average molecular weight is 270 g/mol. The third kappa shape index (κ3) is 3.75. The third-order valence-corrected chi connectivity index (χ3v) is 2.87. The van der Waals surface area contributed by atoms with Crippen molar-refractivity contribution in [2.24, 2.45) is 0 Å². The summed E-state index contributed by atoms with van der Waals surface area (Å²) in [5, 5.41) is 0. The van der Waals surface area contributed by atoms with E-state index in [2.05, 4.69) is 4.18 Å². The minimum absolute atomic E-state index is 0.140. The van der Waals surface area contributed by atoms with Crippen LogP contribution < -0.4 is 9.47 Å². The first-order chi connectivity index (χ1) is 8.54. The molecule has 5 nitrogen and oxygen atoms in total.